The first-order valence-electron chi connectivity index (χ1n) is 8.69. The number of halogens is 1. The molecule has 0 saturated heterocycles. The lowest BCUT2D eigenvalue weighted by Gasteiger charge is -2.17. The van der Waals surface area contributed by atoms with E-state index in [0.29, 0.717) is 36.2 Å². The Balaban J connectivity index is 1.75. The van der Waals surface area contributed by atoms with E-state index in [1.165, 1.54) is 0 Å². The first-order chi connectivity index (χ1) is 13.0. The maximum absolute atomic E-state index is 12.2. The molecule has 0 atom stereocenters. The summed E-state index contributed by atoms with van der Waals surface area (Å²) in [4.78, 5) is 14.1. The Bertz CT molecular complexity index is 737. The lowest BCUT2D eigenvalue weighted by Crippen LogP contribution is -2.33. The van der Waals surface area contributed by atoms with Gasteiger partial charge < -0.3 is 19.5 Å². The molecule has 0 radical (unpaired) electrons. The van der Waals surface area contributed by atoms with Gasteiger partial charge in [-0.2, -0.15) is 0 Å². The number of hydrogen-bond acceptors (Lipinski definition) is 5. The highest BCUT2D eigenvalue weighted by molar-refractivity contribution is 6.31. The molecule has 0 aromatic heterocycles. The number of nitrogens with one attached hydrogen (secondary N) is 1. The number of anilines is 1. The van der Waals surface area contributed by atoms with Crippen molar-refractivity contribution in [2.75, 3.05) is 45.8 Å². The second-order valence-electron chi connectivity index (χ2n) is 5.88. The molecule has 146 valence electrons. The van der Waals surface area contributed by atoms with E-state index in [2.05, 4.69) is 5.32 Å². The fraction of sp³-hybridized carbons (Fsp3) is 0.350. The highest BCUT2D eigenvalue weighted by atomic mass is 35.5. The summed E-state index contributed by atoms with van der Waals surface area (Å²) in [5.74, 6) is 1.99. The first-order valence-corrected chi connectivity index (χ1v) is 9.07. The van der Waals surface area contributed by atoms with Crippen LogP contribution < -0.4 is 19.5 Å². The predicted molar refractivity (Wildman–Crippen MR) is 107 cm³/mol. The predicted octanol–water partition coefficient (Wildman–Crippen LogP) is 3.70. The van der Waals surface area contributed by atoms with Gasteiger partial charge in [0.25, 0.3) is 0 Å². The van der Waals surface area contributed by atoms with Gasteiger partial charge in [-0.05, 0) is 56.4 Å². The van der Waals surface area contributed by atoms with Gasteiger partial charge in [-0.25, -0.2) is 0 Å². The average Bonchev–Trinajstić information content (AvgIpc) is 2.63. The van der Waals surface area contributed by atoms with Crippen LogP contribution in [0.4, 0.5) is 5.69 Å². The maximum atomic E-state index is 12.2. The van der Waals surface area contributed by atoms with Gasteiger partial charge in [-0.15, -0.1) is 0 Å². The van der Waals surface area contributed by atoms with Crippen LogP contribution in [0.1, 0.15) is 6.92 Å². The topological polar surface area (TPSA) is 60.0 Å². The largest absolute Gasteiger partial charge is 0.495 e. The van der Waals surface area contributed by atoms with Gasteiger partial charge in [0, 0.05) is 11.6 Å². The molecule has 0 bridgehead atoms. The Kier molecular flexibility index (Phi) is 8.23. The van der Waals surface area contributed by atoms with Crippen LogP contribution in [0.5, 0.6) is 17.2 Å². The van der Waals surface area contributed by atoms with E-state index in [0.717, 1.165) is 11.5 Å². The molecule has 0 aliphatic heterocycles. The van der Waals surface area contributed by atoms with Crippen molar-refractivity contribution in [2.24, 2.45) is 0 Å². The third-order valence-electron chi connectivity index (χ3n) is 3.73. The van der Waals surface area contributed by atoms with E-state index in [1.54, 1.807) is 25.3 Å². The minimum atomic E-state index is -0.154. The van der Waals surface area contributed by atoms with E-state index in [-0.39, 0.29) is 12.5 Å². The first kappa shape index (κ1) is 20.9. The molecule has 2 aromatic rings. The SMILES string of the molecule is CCOc1ccc(OCCN(C)CC(=O)Nc2cc(Cl)ccc2OC)cc1. The molecular formula is C20H25ClN2O4. The van der Waals surface area contributed by atoms with Crippen LogP contribution in [0.15, 0.2) is 42.5 Å². The van der Waals surface area contributed by atoms with Gasteiger partial charge in [-0.3, -0.25) is 9.69 Å². The minimum absolute atomic E-state index is 0.154. The summed E-state index contributed by atoms with van der Waals surface area (Å²) < 4.78 is 16.3. The van der Waals surface area contributed by atoms with E-state index in [9.17, 15) is 4.79 Å². The highest BCUT2D eigenvalue weighted by Crippen LogP contribution is 2.27. The number of hydrogen-bond donors (Lipinski definition) is 1. The van der Waals surface area contributed by atoms with Gasteiger partial charge in [0.1, 0.15) is 23.9 Å². The number of benzene rings is 2. The molecule has 6 nitrogen and oxygen atoms in total. The molecule has 0 fully saturated rings. The van der Waals surface area contributed by atoms with Gasteiger partial charge in [0.2, 0.25) is 5.91 Å². The Labute approximate surface area is 165 Å². The molecule has 2 rings (SSSR count). The summed E-state index contributed by atoms with van der Waals surface area (Å²) in [5, 5.41) is 3.35. The quantitative estimate of drug-likeness (QED) is 0.668. The van der Waals surface area contributed by atoms with Crippen LogP contribution in [0, 0.1) is 0 Å². The second-order valence-corrected chi connectivity index (χ2v) is 6.32. The average molecular weight is 393 g/mol. The number of carbonyl (C=O) groups is 1. The zero-order valence-corrected chi connectivity index (χ0v) is 16.6. The van der Waals surface area contributed by atoms with Gasteiger partial charge >= 0.3 is 0 Å². The van der Waals surface area contributed by atoms with Crippen molar-refractivity contribution in [3.05, 3.63) is 47.5 Å². The number of rotatable bonds is 10. The molecule has 1 amide bonds. The summed E-state index contributed by atoms with van der Waals surface area (Å²) in [7, 11) is 3.40. The Morgan fingerprint density at radius 2 is 1.78 bits per heavy atom. The Morgan fingerprint density at radius 3 is 2.41 bits per heavy atom. The van der Waals surface area contributed by atoms with E-state index < -0.39 is 0 Å². The Hall–Kier alpha value is -2.44. The van der Waals surface area contributed by atoms with Crippen LogP contribution >= 0.6 is 11.6 Å². The number of likely N-dealkylation sites (N-methyl/N-ethyl adjacent to an activating group) is 1. The maximum Gasteiger partial charge on any atom is 0.238 e. The van der Waals surface area contributed by atoms with Gasteiger partial charge in [-0.1, -0.05) is 11.6 Å². The standard InChI is InChI=1S/C20H25ClN2O4/c1-4-26-16-6-8-17(9-7-16)27-12-11-23(2)14-20(24)22-18-13-15(21)5-10-19(18)25-3/h5-10,13H,4,11-12,14H2,1-3H3,(H,22,24). The molecule has 1 N–H and O–H groups in total. The molecular weight excluding hydrogens is 368 g/mol. The summed E-state index contributed by atoms with van der Waals surface area (Å²) in [6.45, 7) is 3.88. The lowest BCUT2D eigenvalue weighted by atomic mass is 10.3. The number of methoxy groups -OCH3 is 1. The minimum Gasteiger partial charge on any atom is -0.495 e. The molecule has 0 saturated carbocycles. The van der Waals surface area contributed by atoms with E-state index in [1.807, 2.05) is 43.1 Å². The third kappa shape index (κ3) is 7.00. The summed E-state index contributed by atoms with van der Waals surface area (Å²) >= 11 is 5.98. The van der Waals surface area contributed by atoms with Crippen molar-refractivity contribution < 1.29 is 19.0 Å². The Morgan fingerprint density at radius 1 is 1.11 bits per heavy atom. The normalized spacial score (nSPS) is 10.6. The van der Waals surface area contributed by atoms with Crippen molar-refractivity contribution in [2.45, 2.75) is 6.92 Å². The monoisotopic (exact) mass is 392 g/mol. The molecule has 2 aromatic carbocycles. The number of ether oxygens (including phenoxy) is 3. The number of carbonyl (C=O) groups excluding carboxylic acids is 1. The molecule has 0 aliphatic rings. The van der Waals surface area contributed by atoms with Crippen molar-refractivity contribution in [3.8, 4) is 17.2 Å². The van der Waals surface area contributed by atoms with Crippen LogP contribution in [-0.4, -0.2) is 51.3 Å². The molecule has 7 heteroatoms. The van der Waals surface area contributed by atoms with Gasteiger partial charge in [0.05, 0.1) is 25.9 Å². The smallest absolute Gasteiger partial charge is 0.238 e. The number of nitrogens with zero attached hydrogens (tertiary/aromatic N) is 1. The number of amides is 1. The third-order valence-corrected chi connectivity index (χ3v) is 3.96. The van der Waals surface area contributed by atoms with Gasteiger partial charge in [0.15, 0.2) is 0 Å². The molecule has 0 unspecified atom stereocenters. The fourth-order valence-electron chi connectivity index (χ4n) is 2.41. The van der Waals surface area contributed by atoms with E-state index in [4.69, 9.17) is 25.8 Å². The van der Waals surface area contributed by atoms with Crippen molar-refractivity contribution >= 4 is 23.2 Å². The summed E-state index contributed by atoms with van der Waals surface area (Å²) in [6.07, 6.45) is 0. The van der Waals surface area contributed by atoms with Crippen molar-refractivity contribution in [3.63, 3.8) is 0 Å². The van der Waals surface area contributed by atoms with Crippen LogP contribution in [-0.2, 0) is 4.79 Å². The highest BCUT2D eigenvalue weighted by Gasteiger charge is 2.11. The van der Waals surface area contributed by atoms with Crippen molar-refractivity contribution in [1.82, 2.24) is 4.90 Å². The zero-order valence-electron chi connectivity index (χ0n) is 15.8. The lowest BCUT2D eigenvalue weighted by molar-refractivity contribution is -0.117. The molecule has 0 heterocycles. The summed E-state index contributed by atoms with van der Waals surface area (Å²) in [6, 6.07) is 12.6. The van der Waals surface area contributed by atoms with Crippen molar-refractivity contribution in [1.29, 1.82) is 0 Å². The molecule has 27 heavy (non-hydrogen) atoms. The second kappa shape index (κ2) is 10.6. The molecule has 0 spiro atoms. The fourth-order valence-corrected chi connectivity index (χ4v) is 2.58. The van der Waals surface area contributed by atoms with Crippen LogP contribution in [0.3, 0.4) is 0 Å². The van der Waals surface area contributed by atoms with E-state index >= 15 is 0 Å². The van der Waals surface area contributed by atoms with Crippen LogP contribution in [0.25, 0.3) is 0 Å². The summed E-state index contributed by atoms with van der Waals surface area (Å²) in [5.41, 5.74) is 0.550. The van der Waals surface area contributed by atoms with Crippen LogP contribution in [0.2, 0.25) is 5.02 Å². The zero-order chi connectivity index (χ0) is 19.6. The molecule has 0 aliphatic carbocycles.